The molecular formula is C16H22O5. The fraction of sp³-hybridized carbons (Fsp3) is 0.500. The summed E-state index contributed by atoms with van der Waals surface area (Å²) in [5.41, 5.74) is 0.0334. The molecule has 1 aromatic carbocycles. The second-order valence-corrected chi connectivity index (χ2v) is 4.94. The molecule has 0 saturated heterocycles. The Morgan fingerprint density at radius 2 is 1.86 bits per heavy atom. The van der Waals surface area contributed by atoms with Gasteiger partial charge in [-0.1, -0.05) is 31.9 Å². The molecule has 116 valence electrons. The van der Waals surface area contributed by atoms with Crippen LogP contribution in [0.3, 0.4) is 0 Å². The number of aliphatic hydroxyl groups excluding tert-OH is 1. The van der Waals surface area contributed by atoms with Gasteiger partial charge in [-0.2, -0.15) is 0 Å². The van der Waals surface area contributed by atoms with Gasteiger partial charge in [-0.05, 0) is 30.9 Å². The SMILES string of the molecule is CCC(CCCCO)COC(=O)c1ccccc1C(=O)O. The van der Waals surface area contributed by atoms with E-state index in [9.17, 15) is 9.59 Å². The smallest absolute Gasteiger partial charge is 0.339 e. The number of benzene rings is 1. The van der Waals surface area contributed by atoms with Crippen LogP contribution in [0.2, 0.25) is 0 Å². The number of unbranched alkanes of at least 4 members (excludes halogenated alkanes) is 1. The van der Waals surface area contributed by atoms with Gasteiger partial charge >= 0.3 is 11.9 Å². The van der Waals surface area contributed by atoms with Gasteiger partial charge in [0, 0.05) is 6.61 Å². The zero-order chi connectivity index (χ0) is 15.7. The van der Waals surface area contributed by atoms with Crippen LogP contribution in [0.15, 0.2) is 24.3 Å². The number of carboxylic acid groups (broad SMARTS) is 1. The minimum atomic E-state index is -1.14. The van der Waals surface area contributed by atoms with Crippen molar-refractivity contribution in [2.24, 2.45) is 5.92 Å². The number of esters is 1. The highest BCUT2D eigenvalue weighted by Crippen LogP contribution is 2.15. The summed E-state index contributed by atoms with van der Waals surface area (Å²) in [7, 11) is 0. The van der Waals surface area contributed by atoms with E-state index in [0.29, 0.717) is 0 Å². The molecule has 0 bridgehead atoms. The predicted octanol–water partition coefficient (Wildman–Crippen LogP) is 2.73. The second-order valence-electron chi connectivity index (χ2n) is 4.94. The van der Waals surface area contributed by atoms with Crippen LogP contribution in [0.4, 0.5) is 0 Å². The van der Waals surface area contributed by atoms with E-state index in [1.165, 1.54) is 12.1 Å². The first-order chi connectivity index (χ1) is 10.1. The normalized spacial score (nSPS) is 11.9. The molecule has 0 heterocycles. The molecule has 1 unspecified atom stereocenters. The zero-order valence-corrected chi connectivity index (χ0v) is 12.2. The summed E-state index contributed by atoms with van der Waals surface area (Å²) in [6.45, 7) is 2.46. The fourth-order valence-corrected chi connectivity index (χ4v) is 2.07. The van der Waals surface area contributed by atoms with Gasteiger partial charge in [-0.3, -0.25) is 0 Å². The van der Waals surface area contributed by atoms with E-state index in [2.05, 4.69) is 0 Å². The first kappa shape index (κ1) is 17.2. The van der Waals surface area contributed by atoms with Gasteiger partial charge in [-0.25, -0.2) is 9.59 Å². The summed E-state index contributed by atoms with van der Waals surface area (Å²) >= 11 is 0. The highest BCUT2D eigenvalue weighted by atomic mass is 16.5. The van der Waals surface area contributed by atoms with E-state index in [4.69, 9.17) is 14.9 Å². The lowest BCUT2D eigenvalue weighted by Gasteiger charge is -2.15. The summed E-state index contributed by atoms with van der Waals surface area (Å²) in [6, 6.07) is 6.03. The molecule has 1 atom stereocenters. The van der Waals surface area contributed by atoms with Crippen LogP contribution in [0.5, 0.6) is 0 Å². The first-order valence-electron chi connectivity index (χ1n) is 7.20. The largest absolute Gasteiger partial charge is 0.478 e. The van der Waals surface area contributed by atoms with E-state index >= 15 is 0 Å². The lowest BCUT2D eigenvalue weighted by molar-refractivity contribution is 0.0419. The number of carboxylic acids is 1. The van der Waals surface area contributed by atoms with Gasteiger partial charge < -0.3 is 14.9 Å². The molecule has 21 heavy (non-hydrogen) atoms. The number of ether oxygens (including phenoxy) is 1. The molecule has 0 aliphatic heterocycles. The Morgan fingerprint density at radius 3 is 2.43 bits per heavy atom. The Labute approximate surface area is 124 Å². The van der Waals surface area contributed by atoms with Crippen LogP contribution in [0, 0.1) is 5.92 Å². The average molecular weight is 294 g/mol. The zero-order valence-electron chi connectivity index (χ0n) is 12.2. The third-order valence-electron chi connectivity index (χ3n) is 3.43. The molecule has 0 aromatic heterocycles. The Balaban J connectivity index is 2.58. The maximum Gasteiger partial charge on any atom is 0.339 e. The molecule has 5 heteroatoms. The van der Waals surface area contributed by atoms with Crippen LogP contribution >= 0.6 is 0 Å². The van der Waals surface area contributed by atoms with Crippen LogP contribution in [-0.4, -0.2) is 35.4 Å². The van der Waals surface area contributed by atoms with Crippen molar-refractivity contribution in [1.82, 2.24) is 0 Å². The molecule has 0 aliphatic carbocycles. The molecule has 0 amide bonds. The molecule has 0 saturated carbocycles. The van der Waals surface area contributed by atoms with E-state index in [-0.39, 0.29) is 30.3 Å². The summed E-state index contributed by atoms with van der Waals surface area (Å²) in [5.74, 6) is -1.51. The van der Waals surface area contributed by atoms with E-state index in [0.717, 1.165) is 25.7 Å². The van der Waals surface area contributed by atoms with Crippen molar-refractivity contribution in [3.05, 3.63) is 35.4 Å². The van der Waals surface area contributed by atoms with Crippen molar-refractivity contribution in [2.75, 3.05) is 13.2 Å². The van der Waals surface area contributed by atoms with Crippen LogP contribution < -0.4 is 0 Å². The standard InChI is InChI=1S/C16H22O5/c1-2-12(7-5-6-10-17)11-21-16(20)14-9-4-3-8-13(14)15(18)19/h3-4,8-9,12,17H,2,5-7,10-11H2,1H3,(H,18,19). The molecule has 1 rings (SSSR count). The lowest BCUT2D eigenvalue weighted by atomic mass is 10.0. The highest BCUT2D eigenvalue weighted by Gasteiger charge is 2.18. The number of carbonyl (C=O) groups excluding carboxylic acids is 1. The van der Waals surface area contributed by atoms with Gasteiger partial charge in [-0.15, -0.1) is 0 Å². The Kier molecular flexibility index (Phi) is 7.46. The molecule has 0 radical (unpaired) electrons. The number of aliphatic hydroxyl groups is 1. The average Bonchev–Trinajstić information content (AvgIpc) is 2.50. The van der Waals surface area contributed by atoms with Gasteiger partial charge in [0.25, 0.3) is 0 Å². The molecular weight excluding hydrogens is 272 g/mol. The third-order valence-corrected chi connectivity index (χ3v) is 3.43. The Morgan fingerprint density at radius 1 is 1.19 bits per heavy atom. The number of hydrogen-bond acceptors (Lipinski definition) is 4. The molecule has 1 aromatic rings. The summed E-state index contributed by atoms with van der Waals surface area (Å²) in [5, 5.41) is 17.8. The van der Waals surface area contributed by atoms with Crippen molar-refractivity contribution < 1.29 is 24.5 Å². The topological polar surface area (TPSA) is 83.8 Å². The summed E-state index contributed by atoms with van der Waals surface area (Å²) in [6.07, 6.45) is 3.38. The third kappa shape index (κ3) is 5.55. The first-order valence-corrected chi connectivity index (χ1v) is 7.20. The van der Waals surface area contributed by atoms with Gasteiger partial charge in [0.2, 0.25) is 0 Å². The molecule has 0 spiro atoms. The number of hydrogen-bond donors (Lipinski definition) is 2. The summed E-state index contributed by atoms with van der Waals surface area (Å²) in [4.78, 5) is 23.1. The monoisotopic (exact) mass is 294 g/mol. The lowest BCUT2D eigenvalue weighted by Crippen LogP contribution is -2.16. The number of carbonyl (C=O) groups is 2. The Bertz CT molecular complexity index is 469. The Hall–Kier alpha value is -1.88. The van der Waals surface area contributed by atoms with Crippen molar-refractivity contribution in [2.45, 2.75) is 32.6 Å². The van der Waals surface area contributed by atoms with Crippen LogP contribution in [0.25, 0.3) is 0 Å². The minimum Gasteiger partial charge on any atom is -0.478 e. The fourth-order valence-electron chi connectivity index (χ4n) is 2.07. The van der Waals surface area contributed by atoms with Crippen molar-refractivity contribution >= 4 is 11.9 Å². The number of aromatic carboxylic acids is 1. The molecule has 0 aliphatic rings. The highest BCUT2D eigenvalue weighted by molar-refractivity contribution is 6.02. The quantitative estimate of drug-likeness (QED) is 0.540. The molecule has 0 fully saturated rings. The van der Waals surface area contributed by atoms with Gasteiger partial charge in [0.05, 0.1) is 17.7 Å². The summed E-state index contributed by atoms with van der Waals surface area (Å²) < 4.78 is 5.24. The van der Waals surface area contributed by atoms with Gasteiger partial charge in [0.15, 0.2) is 0 Å². The van der Waals surface area contributed by atoms with E-state index < -0.39 is 11.9 Å². The van der Waals surface area contributed by atoms with E-state index in [1.807, 2.05) is 6.92 Å². The van der Waals surface area contributed by atoms with Gasteiger partial charge in [0.1, 0.15) is 0 Å². The van der Waals surface area contributed by atoms with E-state index in [1.54, 1.807) is 12.1 Å². The van der Waals surface area contributed by atoms with Crippen LogP contribution in [-0.2, 0) is 4.74 Å². The van der Waals surface area contributed by atoms with Crippen molar-refractivity contribution in [1.29, 1.82) is 0 Å². The minimum absolute atomic E-state index is 0.0455. The van der Waals surface area contributed by atoms with Crippen molar-refractivity contribution in [3.63, 3.8) is 0 Å². The van der Waals surface area contributed by atoms with Crippen LogP contribution in [0.1, 0.15) is 53.3 Å². The molecule has 5 nitrogen and oxygen atoms in total. The molecule has 2 N–H and O–H groups in total. The predicted molar refractivity (Wildman–Crippen MR) is 78.4 cm³/mol. The second kappa shape index (κ2) is 9.13. The maximum atomic E-state index is 12.0. The van der Waals surface area contributed by atoms with Crippen molar-refractivity contribution in [3.8, 4) is 0 Å². The number of rotatable bonds is 9. The maximum absolute atomic E-state index is 12.0.